The van der Waals surface area contributed by atoms with Crippen molar-refractivity contribution in [2.75, 3.05) is 18.0 Å². The molecule has 20 heavy (non-hydrogen) atoms. The van der Waals surface area contributed by atoms with Crippen molar-refractivity contribution in [1.82, 2.24) is 0 Å². The smallest absolute Gasteiger partial charge is 0.176 e. The highest BCUT2D eigenvalue weighted by Crippen LogP contribution is 2.24. The quantitative estimate of drug-likeness (QED) is 0.868. The lowest BCUT2D eigenvalue weighted by molar-refractivity contribution is 0.100. The molecule has 1 aliphatic rings. The van der Waals surface area contributed by atoms with Crippen LogP contribution in [-0.4, -0.2) is 18.9 Å². The van der Waals surface area contributed by atoms with Crippen molar-refractivity contribution in [1.29, 1.82) is 0 Å². The van der Waals surface area contributed by atoms with Gasteiger partial charge in [0.15, 0.2) is 5.78 Å². The molecular formula is C17H18N2O. The van der Waals surface area contributed by atoms with Crippen LogP contribution < -0.4 is 10.6 Å². The van der Waals surface area contributed by atoms with E-state index in [-0.39, 0.29) is 12.3 Å². The molecule has 3 rings (SSSR count). The molecule has 0 fully saturated rings. The molecule has 0 radical (unpaired) electrons. The van der Waals surface area contributed by atoms with E-state index in [0.29, 0.717) is 5.56 Å². The first kappa shape index (κ1) is 12.9. The maximum atomic E-state index is 11.5. The van der Waals surface area contributed by atoms with Crippen LogP contribution in [0.5, 0.6) is 0 Å². The van der Waals surface area contributed by atoms with Gasteiger partial charge in [-0.1, -0.05) is 24.3 Å². The van der Waals surface area contributed by atoms with E-state index in [1.807, 2.05) is 24.3 Å². The average Bonchev–Trinajstić information content (AvgIpc) is 2.54. The summed E-state index contributed by atoms with van der Waals surface area (Å²) in [4.78, 5) is 13.9. The lowest BCUT2D eigenvalue weighted by Gasteiger charge is -2.30. The first-order valence-corrected chi connectivity index (χ1v) is 6.93. The number of benzene rings is 2. The molecule has 0 aliphatic carbocycles. The third kappa shape index (κ3) is 2.45. The number of rotatable bonds is 3. The van der Waals surface area contributed by atoms with Crippen molar-refractivity contribution in [2.24, 2.45) is 5.73 Å². The highest BCUT2D eigenvalue weighted by Gasteiger charge is 2.16. The van der Waals surface area contributed by atoms with Crippen molar-refractivity contribution >= 4 is 11.5 Å². The molecule has 0 unspecified atom stereocenters. The van der Waals surface area contributed by atoms with Crippen molar-refractivity contribution in [3.05, 3.63) is 65.2 Å². The van der Waals surface area contributed by atoms with Crippen LogP contribution >= 0.6 is 0 Å². The Morgan fingerprint density at radius 3 is 2.45 bits per heavy atom. The van der Waals surface area contributed by atoms with E-state index < -0.39 is 0 Å². The zero-order chi connectivity index (χ0) is 13.9. The SMILES string of the molecule is NCC(=O)c1ccc(N2CCc3ccccc3C2)cc1. The van der Waals surface area contributed by atoms with Gasteiger partial charge in [-0.05, 0) is 41.8 Å². The summed E-state index contributed by atoms with van der Waals surface area (Å²) in [6.45, 7) is 2.01. The molecule has 0 aromatic heterocycles. The number of hydrogen-bond donors (Lipinski definition) is 1. The van der Waals surface area contributed by atoms with Gasteiger partial charge in [0.05, 0.1) is 6.54 Å². The second kappa shape index (κ2) is 5.47. The molecule has 102 valence electrons. The summed E-state index contributed by atoms with van der Waals surface area (Å²) in [6.07, 6.45) is 1.07. The lowest BCUT2D eigenvalue weighted by atomic mass is 9.99. The topological polar surface area (TPSA) is 46.3 Å². The number of ketones is 1. The molecule has 2 aromatic rings. The minimum atomic E-state index is -0.0134. The number of fused-ring (bicyclic) bond motifs is 1. The van der Waals surface area contributed by atoms with Crippen LogP contribution in [0.3, 0.4) is 0 Å². The second-order valence-electron chi connectivity index (χ2n) is 5.11. The van der Waals surface area contributed by atoms with Crippen LogP contribution in [0.2, 0.25) is 0 Å². The van der Waals surface area contributed by atoms with Crippen LogP contribution in [0.25, 0.3) is 0 Å². The molecule has 2 N–H and O–H groups in total. The van der Waals surface area contributed by atoms with Crippen LogP contribution in [0.1, 0.15) is 21.5 Å². The average molecular weight is 266 g/mol. The molecule has 0 saturated carbocycles. The second-order valence-corrected chi connectivity index (χ2v) is 5.11. The van der Waals surface area contributed by atoms with Crippen molar-refractivity contribution < 1.29 is 4.79 Å². The van der Waals surface area contributed by atoms with Gasteiger partial charge in [0.1, 0.15) is 0 Å². The summed E-state index contributed by atoms with van der Waals surface area (Å²) >= 11 is 0. The predicted octanol–water partition coefficient (Wildman–Crippen LogP) is 2.39. The standard InChI is InChI=1S/C17H18N2O/c18-11-17(20)14-5-7-16(8-6-14)19-10-9-13-3-1-2-4-15(13)12-19/h1-8H,9-12,18H2. The van der Waals surface area contributed by atoms with Gasteiger partial charge < -0.3 is 10.6 Å². The third-order valence-corrected chi connectivity index (χ3v) is 3.87. The van der Waals surface area contributed by atoms with Gasteiger partial charge in [0, 0.05) is 24.3 Å². The van der Waals surface area contributed by atoms with Gasteiger partial charge in [0.25, 0.3) is 0 Å². The molecule has 1 aliphatic heterocycles. The molecule has 2 aromatic carbocycles. The van der Waals surface area contributed by atoms with E-state index in [4.69, 9.17) is 5.73 Å². The molecular weight excluding hydrogens is 248 g/mol. The van der Waals surface area contributed by atoms with E-state index in [1.54, 1.807) is 0 Å². The molecule has 0 atom stereocenters. The van der Waals surface area contributed by atoms with Crippen molar-refractivity contribution in [3.8, 4) is 0 Å². The predicted molar refractivity (Wildman–Crippen MR) is 81.0 cm³/mol. The third-order valence-electron chi connectivity index (χ3n) is 3.87. The first-order valence-electron chi connectivity index (χ1n) is 6.93. The van der Waals surface area contributed by atoms with Gasteiger partial charge in [-0.3, -0.25) is 4.79 Å². The normalized spacial score (nSPS) is 13.9. The van der Waals surface area contributed by atoms with E-state index in [1.165, 1.54) is 11.1 Å². The molecule has 0 saturated heterocycles. The highest BCUT2D eigenvalue weighted by molar-refractivity contribution is 5.97. The van der Waals surface area contributed by atoms with Crippen LogP contribution in [-0.2, 0) is 13.0 Å². The molecule has 0 spiro atoms. The Balaban J connectivity index is 1.79. The van der Waals surface area contributed by atoms with Crippen LogP contribution in [0.15, 0.2) is 48.5 Å². The van der Waals surface area contributed by atoms with Crippen LogP contribution in [0, 0.1) is 0 Å². The summed E-state index contributed by atoms with van der Waals surface area (Å²) in [5.74, 6) is -0.0134. The summed E-state index contributed by atoms with van der Waals surface area (Å²) < 4.78 is 0. The lowest BCUT2D eigenvalue weighted by Crippen LogP contribution is -2.30. The Kier molecular flexibility index (Phi) is 3.52. The number of anilines is 1. The van der Waals surface area contributed by atoms with E-state index in [2.05, 4.69) is 29.2 Å². The zero-order valence-electron chi connectivity index (χ0n) is 11.4. The Morgan fingerprint density at radius 1 is 1.05 bits per heavy atom. The monoisotopic (exact) mass is 266 g/mol. The Hall–Kier alpha value is -2.13. The number of carbonyl (C=O) groups excluding carboxylic acids is 1. The molecule has 3 heteroatoms. The number of nitrogens with zero attached hydrogens (tertiary/aromatic N) is 1. The fourth-order valence-corrected chi connectivity index (χ4v) is 2.69. The Bertz CT molecular complexity index is 619. The number of hydrogen-bond acceptors (Lipinski definition) is 3. The number of carbonyl (C=O) groups is 1. The zero-order valence-corrected chi connectivity index (χ0v) is 11.4. The van der Waals surface area contributed by atoms with Crippen LogP contribution in [0.4, 0.5) is 5.69 Å². The van der Waals surface area contributed by atoms with Gasteiger partial charge in [0.2, 0.25) is 0 Å². The minimum absolute atomic E-state index is 0.0134. The van der Waals surface area contributed by atoms with E-state index in [9.17, 15) is 4.79 Å². The molecule has 0 bridgehead atoms. The first-order chi connectivity index (χ1) is 9.78. The van der Waals surface area contributed by atoms with Gasteiger partial charge >= 0.3 is 0 Å². The fourth-order valence-electron chi connectivity index (χ4n) is 2.69. The number of Topliss-reactive ketones (excluding diaryl/α,β-unsaturated/α-hetero) is 1. The molecule has 1 heterocycles. The van der Waals surface area contributed by atoms with Gasteiger partial charge in [-0.2, -0.15) is 0 Å². The largest absolute Gasteiger partial charge is 0.367 e. The summed E-state index contributed by atoms with van der Waals surface area (Å²) in [5.41, 5.74) is 10.1. The maximum Gasteiger partial charge on any atom is 0.176 e. The summed E-state index contributed by atoms with van der Waals surface area (Å²) in [6, 6.07) is 16.3. The van der Waals surface area contributed by atoms with Crippen molar-refractivity contribution in [3.63, 3.8) is 0 Å². The highest BCUT2D eigenvalue weighted by atomic mass is 16.1. The maximum absolute atomic E-state index is 11.5. The van der Waals surface area contributed by atoms with E-state index in [0.717, 1.165) is 25.2 Å². The summed E-state index contributed by atoms with van der Waals surface area (Å²) in [7, 11) is 0. The molecule has 3 nitrogen and oxygen atoms in total. The van der Waals surface area contributed by atoms with Gasteiger partial charge in [-0.25, -0.2) is 0 Å². The minimum Gasteiger partial charge on any atom is -0.367 e. The van der Waals surface area contributed by atoms with E-state index >= 15 is 0 Å². The van der Waals surface area contributed by atoms with Gasteiger partial charge in [-0.15, -0.1) is 0 Å². The number of nitrogens with two attached hydrogens (primary N) is 1. The summed E-state index contributed by atoms with van der Waals surface area (Å²) in [5, 5.41) is 0. The Labute approximate surface area is 119 Å². The van der Waals surface area contributed by atoms with Crippen molar-refractivity contribution in [2.45, 2.75) is 13.0 Å². The fraction of sp³-hybridized carbons (Fsp3) is 0.235. The molecule has 0 amide bonds. The Morgan fingerprint density at radius 2 is 1.75 bits per heavy atom.